The fourth-order valence-electron chi connectivity index (χ4n) is 5.12. The second-order valence-electron chi connectivity index (χ2n) is 12.3. The number of amides is 3. The number of primary amides is 1. The van der Waals surface area contributed by atoms with Gasteiger partial charge in [0.15, 0.2) is 17.7 Å². The first kappa shape index (κ1) is 39.0. The number of aliphatic hydroxyl groups is 1. The Morgan fingerprint density at radius 1 is 0.898 bits per heavy atom. The molecule has 0 spiro atoms. The summed E-state index contributed by atoms with van der Waals surface area (Å²) in [6, 6.07) is 15.1. The Morgan fingerprint density at radius 3 is 2.08 bits per heavy atom. The normalized spacial score (nSPS) is 14.7. The molecule has 2 aromatic carbocycles. The van der Waals surface area contributed by atoms with Crippen LogP contribution >= 0.6 is 11.3 Å². The molecule has 10 nitrogen and oxygen atoms in total. The largest absolute Gasteiger partial charge is 0.416 e. The van der Waals surface area contributed by atoms with Gasteiger partial charge in [0.25, 0.3) is 0 Å². The number of ketones is 2. The number of alkyl halides is 3. The van der Waals surface area contributed by atoms with Gasteiger partial charge < -0.3 is 21.5 Å². The maximum Gasteiger partial charge on any atom is 0.416 e. The predicted octanol–water partition coefficient (Wildman–Crippen LogP) is 4.65. The molecule has 0 aliphatic rings. The van der Waals surface area contributed by atoms with Crippen LogP contribution in [0.2, 0.25) is 0 Å². The number of benzene rings is 2. The topological polar surface area (TPSA) is 169 Å². The molecule has 3 aromatic rings. The quantitative estimate of drug-likeness (QED) is 0.140. The molecular formula is C35H41F3N4O6S. The highest BCUT2D eigenvalue weighted by Crippen LogP contribution is 2.27. The van der Waals surface area contributed by atoms with Crippen molar-refractivity contribution >= 4 is 40.6 Å². The molecule has 0 bridgehead atoms. The number of halogens is 3. The van der Waals surface area contributed by atoms with Crippen LogP contribution in [0.3, 0.4) is 0 Å². The average Bonchev–Trinajstić information content (AvgIpc) is 3.55. The highest BCUT2D eigenvalue weighted by Gasteiger charge is 2.44. The standard InChI is InChI=1S/C35H41F3N4O6S/c1-20(2)24(18-29(44)27-19-49-34(42-27)23-12-8-5-9-13-23)33(48)41-26(17-22-10-6-4-7-11-22)28(43)16-21(3)32(47)40-25(14-15-30(39)45)31(46)35(36,37)38/h4-13,19-21,24-26,31,46H,14-18H2,1-3H3,(H2,39,45)(H,40,47)(H,41,48)/t21-,24+,25?,26+,31?/m1/s1. The molecule has 1 heterocycles. The van der Waals surface area contributed by atoms with Crippen LogP contribution in [0.1, 0.15) is 62.5 Å². The van der Waals surface area contributed by atoms with E-state index in [0.717, 1.165) is 5.56 Å². The zero-order chi connectivity index (χ0) is 36.3. The molecule has 264 valence electrons. The van der Waals surface area contributed by atoms with Gasteiger partial charge in [0.2, 0.25) is 17.7 Å². The van der Waals surface area contributed by atoms with Crippen LogP contribution in [-0.2, 0) is 25.6 Å². The summed E-state index contributed by atoms with van der Waals surface area (Å²) in [4.78, 5) is 69.1. The molecule has 2 unspecified atom stereocenters. The summed E-state index contributed by atoms with van der Waals surface area (Å²) >= 11 is 1.31. The van der Waals surface area contributed by atoms with Crippen molar-refractivity contribution in [1.29, 1.82) is 0 Å². The van der Waals surface area contributed by atoms with Gasteiger partial charge in [0.1, 0.15) is 10.7 Å². The number of nitrogens with one attached hydrogen (secondary N) is 2. The molecule has 0 aliphatic carbocycles. The minimum absolute atomic E-state index is 0.0546. The molecule has 0 radical (unpaired) electrons. The van der Waals surface area contributed by atoms with Crippen molar-refractivity contribution in [3.63, 3.8) is 0 Å². The van der Waals surface area contributed by atoms with Crippen LogP contribution in [0.15, 0.2) is 66.0 Å². The Hall–Kier alpha value is -4.43. The Bertz CT molecular complexity index is 1580. The van der Waals surface area contributed by atoms with Crippen molar-refractivity contribution in [2.75, 3.05) is 0 Å². The summed E-state index contributed by atoms with van der Waals surface area (Å²) in [5.41, 5.74) is 6.83. The fraction of sp³-hybridized carbons (Fsp3) is 0.429. The van der Waals surface area contributed by atoms with E-state index in [4.69, 9.17) is 5.73 Å². The maximum absolute atomic E-state index is 13.7. The molecule has 3 rings (SSSR count). The molecule has 3 amide bonds. The molecular weight excluding hydrogens is 661 g/mol. The van der Waals surface area contributed by atoms with Gasteiger partial charge in [-0.05, 0) is 24.3 Å². The summed E-state index contributed by atoms with van der Waals surface area (Å²) in [6.07, 6.45) is -9.71. The lowest BCUT2D eigenvalue weighted by Gasteiger charge is -2.27. The second-order valence-corrected chi connectivity index (χ2v) is 13.2. The van der Waals surface area contributed by atoms with Crippen LogP contribution in [0.4, 0.5) is 13.2 Å². The first-order valence-electron chi connectivity index (χ1n) is 15.8. The van der Waals surface area contributed by atoms with Gasteiger partial charge >= 0.3 is 6.18 Å². The van der Waals surface area contributed by atoms with Crippen molar-refractivity contribution < 1.29 is 42.3 Å². The molecule has 0 fully saturated rings. The molecule has 49 heavy (non-hydrogen) atoms. The number of Topliss-reactive ketones (excluding diaryl/α,β-unsaturated/α-hetero) is 2. The first-order valence-corrected chi connectivity index (χ1v) is 16.7. The number of hydrogen-bond acceptors (Lipinski definition) is 8. The number of nitrogens with two attached hydrogens (primary N) is 1. The van der Waals surface area contributed by atoms with E-state index >= 15 is 0 Å². The minimum atomic E-state index is -5.09. The summed E-state index contributed by atoms with van der Waals surface area (Å²) in [7, 11) is 0. The predicted molar refractivity (Wildman–Crippen MR) is 178 cm³/mol. The summed E-state index contributed by atoms with van der Waals surface area (Å²) in [5.74, 6) is -5.61. The van der Waals surface area contributed by atoms with E-state index in [1.165, 1.54) is 18.3 Å². The number of hydrogen-bond donors (Lipinski definition) is 4. The van der Waals surface area contributed by atoms with E-state index < -0.39 is 79.0 Å². The van der Waals surface area contributed by atoms with Gasteiger partial charge in [-0.3, -0.25) is 24.0 Å². The Kier molecular flexibility index (Phi) is 14.2. The highest BCUT2D eigenvalue weighted by molar-refractivity contribution is 7.13. The summed E-state index contributed by atoms with van der Waals surface area (Å²) < 4.78 is 39.8. The third kappa shape index (κ3) is 11.9. The monoisotopic (exact) mass is 702 g/mol. The molecule has 0 aliphatic heterocycles. The van der Waals surface area contributed by atoms with E-state index in [2.05, 4.69) is 15.6 Å². The molecule has 5 atom stereocenters. The van der Waals surface area contributed by atoms with Gasteiger partial charge in [-0.15, -0.1) is 11.3 Å². The number of thiazole rings is 1. The van der Waals surface area contributed by atoms with Crippen molar-refractivity contribution in [2.45, 2.75) is 77.2 Å². The number of aromatic nitrogens is 1. The lowest BCUT2D eigenvalue weighted by atomic mass is 9.88. The minimum Gasteiger partial charge on any atom is -0.382 e. The highest BCUT2D eigenvalue weighted by atomic mass is 32.1. The van der Waals surface area contributed by atoms with Gasteiger partial charge in [0.05, 0.1) is 12.1 Å². The van der Waals surface area contributed by atoms with Crippen molar-refractivity contribution in [1.82, 2.24) is 15.6 Å². The molecule has 0 saturated heterocycles. The number of nitrogens with zero attached hydrogens (tertiary/aromatic N) is 1. The first-order chi connectivity index (χ1) is 23.1. The van der Waals surface area contributed by atoms with E-state index in [1.807, 2.05) is 30.3 Å². The third-order valence-corrected chi connectivity index (χ3v) is 8.94. The van der Waals surface area contributed by atoms with Gasteiger partial charge in [-0.1, -0.05) is 81.4 Å². The number of carbonyl (C=O) groups is 5. The van der Waals surface area contributed by atoms with Crippen LogP contribution < -0.4 is 16.4 Å². The van der Waals surface area contributed by atoms with Crippen LogP contribution in [-0.4, -0.2) is 63.7 Å². The van der Waals surface area contributed by atoms with E-state index in [0.29, 0.717) is 10.6 Å². The zero-order valence-corrected chi connectivity index (χ0v) is 28.2. The summed E-state index contributed by atoms with van der Waals surface area (Å²) in [5, 5.41) is 16.9. The van der Waals surface area contributed by atoms with Gasteiger partial charge in [0, 0.05) is 42.0 Å². The zero-order valence-electron chi connectivity index (χ0n) is 27.4. The van der Waals surface area contributed by atoms with Crippen LogP contribution in [0.25, 0.3) is 10.6 Å². The maximum atomic E-state index is 13.7. The molecule has 5 N–H and O–H groups in total. The van der Waals surface area contributed by atoms with Crippen molar-refractivity contribution in [2.24, 2.45) is 23.5 Å². The lowest BCUT2D eigenvalue weighted by molar-refractivity contribution is -0.213. The van der Waals surface area contributed by atoms with Gasteiger partial charge in [-0.25, -0.2) is 4.98 Å². The third-order valence-electron chi connectivity index (χ3n) is 8.05. The van der Waals surface area contributed by atoms with E-state index in [9.17, 15) is 42.3 Å². The Balaban J connectivity index is 1.74. The molecule has 14 heteroatoms. The fourth-order valence-corrected chi connectivity index (χ4v) is 5.95. The molecule has 1 aromatic heterocycles. The lowest BCUT2D eigenvalue weighted by Crippen LogP contribution is -2.52. The summed E-state index contributed by atoms with van der Waals surface area (Å²) in [6.45, 7) is 4.88. The average molecular weight is 703 g/mol. The van der Waals surface area contributed by atoms with E-state index in [-0.39, 0.29) is 30.2 Å². The SMILES string of the molecule is CC(C)[C@H](CC(=O)c1csc(-c2ccccc2)n1)C(=O)N[C@@H](Cc1ccccc1)C(=O)C[C@@H](C)C(=O)NC(CCC(N)=O)C(O)C(F)(F)F. The second kappa shape index (κ2) is 17.8. The number of aliphatic hydroxyl groups excluding tert-OH is 1. The smallest absolute Gasteiger partial charge is 0.382 e. The van der Waals surface area contributed by atoms with E-state index in [1.54, 1.807) is 49.6 Å². The van der Waals surface area contributed by atoms with Crippen molar-refractivity contribution in [3.05, 3.63) is 77.3 Å². The Labute approximate surface area is 286 Å². The van der Waals surface area contributed by atoms with Gasteiger partial charge in [-0.2, -0.15) is 13.2 Å². The number of rotatable bonds is 18. The molecule has 0 saturated carbocycles. The van der Waals surface area contributed by atoms with Crippen LogP contribution in [0, 0.1) is 17.8 Å². The Morgan fingerprint density at radius 2 is 1.51 bits per heavy atom. The van der Waals surface area contributed by atoms with Crippen LogP contribution in [0.5, 0.6) is 0 Å². The number of carbonyl (C=O) groups excluding carboxylic acids is 5. The van der Waals surface area contributed by atoms with Crippen molar-refractivity contribution in [3.8, 4) is 10.6 Å².